The second-order valence-electron chi connectivity index (χ2n) is 6.03. The highest BCUT2D eigenvalue weighted by molar-refractivity contribution is 7.89. The predicted molar refractivity (Wildman–Crippen MR) is 104 cm³/mol. The van der Waals surface area contributed by atoms with Crippen molar-refractivity contribution in [3.63, 3.8) is 0 Å². The van der Waals surface area contributed by atoms with Crippen LogP contribution in [0, 0.1) is 5.82 Å². The van der Waals surface area contributed by atoms with E-state index in [1.54, 1.807) is 0 Å². The number of amides is 1. The van der Waals surface area contributed by atoms with E-state index >= 15 is 0 Å². The lowest BCUT2D eigenvalue weighted by atomic mass is 10.1. The normalized spacial score (nSPS) is 15.6. The number of sulfonamides is 1. The van der Waals surface area contributed by atoms with Gasteiger partial charge in [0.15, 0.2) is 0 Å². The summed E-state index contributed by atoms with van der Waals surface area (Å²) in [6, 6.07) is 5.74. The molecule has 1 saturated heterocycles. The molecule has 0 aliphatic carbocycles. The van der Waals surface area contributed by atoms with Gasteiger partial charge in [0, 0.05) is 26.2 Å². The summed E-state index contributed by atoms with van der Waals surface area (Å²) in [5.74, 6) is -1.63. The summed E-state index contributed by atoms with van der Waals surface area (Å²) >= 11 is 17.8. The zero-order valence-corrected chi connectivity index (χ0v) is 17.3. The van der Waals surface area contributed by atoms with Crippen molar-refractivity contribution in [1.82, 2.24) is 9.21 Å². The van der Waals surface area contributed by atoms with Crippen molar-refractivity contribution >= 4 is 50.7 Å². The molecule has 3 rings (SSSR count). The van der Waals surface area contributed by atoms with E-state index in [2.05, 4.69) is 0 Å². The maximum Gasteiger partial charge on any atom is 0.259 e. The molecule has 1 heterocycles. The highest BCUT2D eigenvalue weighted by Crippen LogP contribution is 2.39. The molecule has 1 amide bonds. The smallest absolute Gasteiger partial charge is 0.259 e. The summed E-state index contributed by atoms with van der Waals surface area (Å²) in [5.41, 5.74) is -0.228. The SMILES string of the molecule is O=C(c1c(O)c(Cl)cc(Cl)c1Cl)N1CCN(S(=O)(=O)c2ccc(F)cc2)CC1. The topological polar surface area (TPSA) is 77.9 Å². The van der Waals surface area contributed by atoms with Gasteiger partial charge in [0.1, 0.15) is 17.1 Å². The van der Waals surface area contributed by atoms with Gasteiger partial charge < -0.3 is 10.0 Å². The van der Waals surface area contributed by atoms with Crippen molar-refractivity contribution in [3.8, 4) is 5.75 Å². The number of benzene rings is 2. The van der Waals surface area contributed by atoms with Crippen LogP contribution < -0.4 is 0 Å². The number of hydrogen-bond donors (Lipinski definition) is 1. The van der Waals surface area contributed by atoms with Crippen molar-refractivity contribution in [2.75, 3.05) is 26.2 Å². The van der Waals surface area contributed by atoms with Gasteiger partial charge in [0.05, 0.1) is 20.0 Å². The number of aromatic hydroxyl groups is 1. The molecule has 0 aromatic heterocycles. The monoisotopic (exact) mass is 466 g/mol. The van der Waals surface area contributed by atoms with Crippen molar-refractivity contribution < 1.29 is 22.7 Å². The average Bonchev–Trinajstić information content (AvgIpc) is 2.67. The number of piperazine rings is 1. The third kappa shape index (κ3) is 3.92. The molecule has 1 N–H and O–H groups in total. The Morgan fingerprint density at radius 3 is 2.14 bits per heavy atom. The molecule has 0 atom stereocenters. The Balaban J connectivity index is 1.77. The molecule has 1 fully saturated rings. The quantitative estimate of drug-likeness (QED) is 0.699. The van der Waals surface area contributed by atoms with E-state index in [-0.39, 0.29) is 51.7 Å². The Bertz CT molecular complexity index is 997. The number of rotatable bonds is 3. The molecule has 150 valence electrons. The number of phenolic OH excluding ortho intramolecular Hbond substituents is 1. The number of nitrogens with zero attached hydrogens (tertiary/aromatic N) is 2. The van der Waals surface area contributed by atoms with E-state index in [0.29, 0.717) is 0 Å². The fraction of sp³-hybridized carbons (Fsp3) is 0.235. The number of carbonyl (C=O) groups excluding carboxylic acids is 1. The fourth-order valence-electron chi connectivity index (χ4n) is 2.83. The lowest BCUT2D eigenvalue weighted by Gasteiger charge is -2.34. The molecule has 1 aliphatic heterocycles. The Hall–Kier alpha value is -1.58. The van der Waals surface area contributed by atoms with E-state index in [0.717, 1.165) is 12.1 Å². The van der Waals surface area contributed by atoms with Gasteiger partial charge in [0.2, 0.25) is 10.0 Å². The van der Waals surface area contributed by atoms with Crippen LogP contribution in [0.1, 0.15) is 10.4 Å². The minimum atomic E-state index is -3.81. The number of carbonyl (C=O) groups is 1. The molecule has 6 nitrogen and oxygen atoms in total. The molecular weight excluding hydrogens is 454 g/mol. The van der Waals surface area contributed by atoms with Crippen molar-refractivity contribution in [3.05, 3.63) is 56.8 Å². The molecule has 0 spiro atoms. The summed E-state index contributed by atoms with van der Waals surface area (Å²) in [5, 5.41) is 9.87. The summed E-state index contributed by atoms with van der Waals surface area (Å²) in [6.07, 6.45) is 0. The summed E-state index contributed by atoms with van der Waals surface area (Å²) < 4.78 is 39.5. The molecular formula is C17H14Cl3FN2O4S. The Labute approximate surface area is 176 Å². The van der Waals surface area contributed by atoms with E-state index in [1.165, 1.54) is 27.4 Å². The number of phenols is 1. The molecule has 11 heteroatoms. The minimum Gasteiger partial charge on any atom is -0.505 e. The lowest BCUT2D eigenvalue weighted by molar-refractivity contribution is 0.0695. The molecule has 0 unspecified atom stereocenters. The molecule has 2 aromatic carbocycles. The van der Waals surface area contributed by atoms with E-state index < -0.39 is 27.5 Å². The largest absolute Gasteiger partial charge is 0.505 e. The van der Waals surface area contributed by atoms with Gasteiger partial charge in [-0.05, 0) is 30.3 Å². The van der Waals surface area contributed by atoms with Gasteiger partial charge in [-0.1, -0.05) is 34.8 Å². The Morgan fingerprint density at radius 2 is 1.57 bits per heavy atom. The van der Waals surface area contributed by atoms with E-state index in [4.69, 9.17) is 34.8 Å². The second-order valence-corrected chi connectivity index (χ2v) is 9.16. The van der Waals surface area contributed by atoms with Gasteiger partial charge in [-0.2, -0.15) is 4.31 Å². The lowest BCUT2D eigenvalue weighted by Crippen LogP contribution is -2.50. The molecule has 28 heavy (non-hydrogen) atoms. The Morgan fingerprint density at radius 1 is 1.00 bits per heavy atom. The van der Waals surface area contributed by atoms with Gasteiger partial charge >= 0.3 is 0 Å². The maximum absolute atomic E-state index is 13.0. The van der Waals surface area contributed by atoms with Crippen molar-refractivity contribution in [2.45, 2.75) is 4.90 Å². The molecule has 0 bridgehead atoms. The summed E-state index contributed by atoms with van der Waals surface area (Å²) in [7, 11) is -3.81. The third-order valence-corrected chi connectivity index (χ3v) is 7.33. The fourth-order valence-corrected chi connectivity index (χ4v) is 4.94. The van der Waals surface area contributed by atoms with Gasteiger partial charge in [0.25, 0.3) is 5.91 Å². The van der Waals surface area contributed by atoms with Gasteiger partial charge in [-0.15, -0.1) is 0 Å². The van der Waals surface area contributed by atoms with Crippen LogP contribution in [0.15, 0.2) is 35.2 Å². The minimum absolute atomic E-state index is 0.0188. The van der Waals surface area contributed by atoms with Crippen LogP contribution in [-0.2, 0) is 10.0 Å². The predicted octanol–water partition coefficient (Wildman–Crippen LogP) is 3.64. The standard InChI is InChI=1S/C17H14Cl3FN2O4S/c18-12-9-13(19)16(24)14(15(12)20)17(25)22-5-7-23(8-6-22)28(26,27)11-3-1-10(21)2-4-11/h1-4,9,24H,5-8H2. The second kappa shape index (κ2) is 8.04. The summed E-state index contributed by atoms with van der Waals surface area (Å²) in [6.45, 7) is 0.189. The first-order chi connectivity index (χ1) is 13.1. The zero-order valence-electron chi connectivity index (χ0n) is 14.2. The van der Waals surface area contributed by atoms with Crippen LogP contribution in [-0.4, -0.2) is 54.8 Å². The van der Waals surface area contributed by atoms with Crippen LogP contribution in [0.5, 0.6) is 5.75 Å². The van der Waals surface area contributed by atoms with E-state index in [9.17, 15) is 22.7 Å². The molecule has 1 aliphatic rings. The first-order valence-corrected chi connectivity index (χ1v) is 10.6. The highest BCUT2D eigenvalue weighted by atomic mass is 35.5. The third-order valence-electron chi connectivity index (χ3n) is 4.34. The van der Waals surface area contributed by atoms with Crippen LogP contribution in [0.3, 0.4) is 0 Å². The first kappa shape index (κ1) is 21.1. The average molecular weight is 468 g/mol. The van der Waals surface area contributed by atoms with Crippen LogP contribution >= 0.6 is 34.8 Å². The van der Waals surface area contributed by atoms with Crippen LogP contribution in [0.25, 0.3) is 0 Å². The zero-order chi connectivity index (χ0) is 20.6. The van der Waals surface area contributed by atoms with Crippen LogP contribution in [0.2, 0.25) is 15.1 Å². The Kier molecular flexibility index (Phi) is 6.07. The molecule has 0 radical (unpaired) electrons. The molecule has 0 saturated carbocycles. The summed E-state index contributed by atoms with van der Waals surface area (Å²) in [4.78, 5) is 14.1. The number of halogens is 4. The number of hydrogen-bond acceptors (Lipinski definition) is 4. The van der Waals surface area contributed by atoms with Crippen LogP contribution in [0.4, 0.5) is 4.39 Å². The van der Waals surface area contributed by atoms with Crippen molar-refractivity contribution in [1.29, 1.82) is 0 Å². The first-order valence-electron chi connectivity index (χ1n) is 8.04. The maximum atomic E-state index is 13.0. The van der Waals surface area contributed by atoms with Gasteiger partial charge in [-0.25, -0.2) is 12.8 Å². The molecule has 2 aromatic rings. The van der Waals surface area contributed by atoms with Gasteiger partial charge in [-0.3, -0.25) is 4.79 Å². The highest BCUT2D eigenvalue weighted by Gasteiger charge is 2.32. The van der Waals surface area contributed by atoms with Crippen molar-refractivity contribution in [2.24, 2.45) is 0 Å². The van der Waals surface area contributed by atoms with E-state index in [1.807, 2.05) is 0 Å².